The molecule has 1 amide bonds. The molecule has 1 N–H and O–H groups in total. The molecule has 133 valence electrons. The molecule has 0 spiro atoms. The van der Waals surface area contributed by atoms with E-state index in [1.54, 1.807) is 0 Å². The fourth-order valence-corrected chi connectivity index (χ4v) is 3.87. The largest absolute Gasteiger partial charge is 0.388 e. The number of hydrogen-bond donors (Lipinski definition) is 1. The van der Waals surface area contributed by atoms with E-state index >= 15 is 0 Å². The van der Waals surface area contributed by atoms with E-state index in [4.69, 9.17) is 0 Å². The van der Waals surface area contributed by atoms with Gasteiger partial charge in [-0.1, -0.05) is 55.7 Å². The summed E-state index contributed by atoms with van der Waals surface area (Å²) in [5, 5.41) is 10.5. The SMILES string of the molecule is [CH2-]CCC=CCN1C(=O)C[C@@H]1c1ccc(C(O)C2CCCC2)cc1.[Y]. The van der Waals surface area contributed by atoms with E-state index < -0.39 is 0 Å². The van der Waals surface area contributed by atoms with Crippen LogP contribution in [0.3, 0.4) is 0 Å². The molecule has 1 saturated heterocycles. The number of aliphatic hydroxyl groups excluding tert-OH is 1. The van der Waals surface area contributed by atoms with Crippen LogP contribution in [0.1, 0.15) is 68.2 Å². The van der Waals surface area contributed by atoms with Gasteiger partial charge in [-0.15, -0.1) is 0 Å². The minimum absolute atomic E-state index is 0. The molecule has 1 saturated carbocycles. The van der Waals surface area contributed by atoms with Crippen molar-refractivity contribution in [3.8, 4) is 0 Å². The standard InChI is InChI=1S/C21H28NO2.Y/c1-2-3-4-7-14-22-19(15-20(22)23)16-10-12-18(13-11-16)21(24)17-8-5-6-9-17;/h4,7,10-13,17,19,21,24H,1-3,5-6,8-9,14-15H2;/q-1;/t19-,21?;/m1./s1. The Morgan fingerprint density at radius 2 is 1.88 bits per heavy atom. The minimum Gasteiger partial charge on any atom is -0.388 e. The number of carbonyl (C=O) groups excluding carboxylic acids is 1. The van der Waals surface area contributed by atoms with Gasteiger partial charge in [0.25, 0.3) is 0 Å². The molecule has 1 aliphatic carbocycles. The van der Waals surface area contributed by atoms with Crippen LogP contribution >= 0.6 is 0 Å². The quantitative estimate of drug-likeness (QED) is 0.409. The second kappa shape index (κ2) is 9.99. The summed E-state index contributed by atoms with van der Waals surface area (Å²) in [5.74, 6) is 0.630. The first-order valence-electron chi connectivity index (χ1n) is 9.22. The summed E-state index contributed by atoms with van der Waals surface area (Å²) in [6, 6.07) is 8.42. The zero-order valence-corrected chi connectivity index (χ0v) is 17.8. The number of likely N-dealkylation sites (tertiary alicyclic amines) is 1. The van der Waals surface area contributed by atoms with E-state index in [2.05, 4.69) is 31.2 Å². The number of carbonyl (C=O) groups is 1. The number of nitrogens with zero attached hydrogens (tertiary/aromatic N) is 1. The summed E-state index contributed by atoms with van der Waals surface area (Å²) in [4.78, 5) is 13.8. The predicted octanol–water partition coefficient (Wildman–Crippen LogP) is 4.35. The third kappa shape index (κ3) is 5.02. The van der Waals surface area contributed by atoms with Gasteiger partial charge in [0, 0.05) is 39.3 Å². The van der Waals surface area contributed by atoms with E-state index in [1.807, 2.05) is 17.0 Å². The van der Waals surface area contributed by atoms with Gasteiger partial charge in [-0.2, -0.15) is 6.42 Å². The zero-order valence-electron chi connectivity index (χ0n) is 14.9. The van der Waals surface area contributed by atoms with Gasteiger partial charge in [-0.05, 0) is 29.9 Å². The molecule has 25 heavy (non-hydrogen) atoms. The average Bonchev–Trinajstić information content (AvgIpc) is 3.13. The van der Waals surface area contributed by atoms with Crippen LogP contribution in [-0.4, -0.2) is 22.5 Å². The van der Waals surface area contributed by atoms with Crippen LogP contribution in [0.2, 0.25) is 0 Å². The first kappa shape index (κ1) is 20.8. The van der Waals surface area contributed by atoms with Crippen molar-refractivity contribution in [2.24, 2.45) is 5.92 Å². The van der Waals surface area contributed by atoms with Crippen LogP contribution in [-0.2, 0) is 37.5 Å². The number of β-lactam (4-membered cyclic amide) rings is 1. The molecule has 4 heteroatoms. The molecule has 3 nitrogen and oxygen atoms in total. The Balaban J connectivity index is 0.00000225. The van der Waals surface area contributed by atoms with Gasteiger partial charge in [0.1, 0.15) is 0 Å². The Hall–Kier alpha value is -0.506. The van der Waals surface area contributed by atoms with Crippen LogP contribution in [0.4, 0.5) is 0 Å². The molecule has 0 bridgehead atoms. The van der Waals surface area contributed by atoms with Gasteiger partial charge >= 0.3 is 0 Å². The van der Waals surface area contributed by atoms with Crippen LogP contribution in [0.5, 0.6) is 0 Å². The van der Waals surface area contributed by atoms with Gasteiger partial charge in [-0.3, -0.25) is 4.79 Å². The fraction of sp³-hybridized carbons (Fsp3) is 0.524. The maximum atomic E-state index is 11.9. The molecule has 1 radical (unpaired) electrons. The maximum absolute atomic E-state index is 11.9. The smallest absolute Gasteiger partial charge is 0.225 e. The summed E-state index contributed by atoms with van der Waals surface area (Å²) in [7, 11) is 0. The molecule has 2 fully saturated rings. The van der Waals surface area contributed by atoms with Crippen LogP contribution < -0.4 is 0 Å². The van der Waals surface area contributed by atoms with Crippen molar-refractivity contribution in [3.05, 3.63) is 54.5 Å². The zero-order chi connectivity index (χ0) is 16.9. The topological polar surface area (TPSA) is 40.5 Å². The fourth-order valence-electron chi connectivity index (χ4n) is 3.87. The van der Waals surface area contributed by atoms with Crippen molar-refractivity contribution >= 4 is 5.91 Å². The van der Waals surface area contributed by atoms with Crippen molar-refractivity contribution in [1.29, 1.82) is 0 Å². The molecule has 1 aromatic rings. The van der Waals surface area contributed by atoms with Crippen molar-refractivity contribution in [2.75, 3.05) is 6.54 Å². The Kier molecular flexibility index (Phi) is 8.31. The number of aliphatic hydroxyl groups is 1. The number of hydrogen-bond acceptors (Lipinski definition) is 2. The maximum Gasteiger partial charge on any atom is 0.225 e. The van der Waals surface area contributed by atoms with Crippen molar-refractivity contribution in [3.63, 3.8) is 0 Å². The summed E-state index contributed by atoms with van der Waals surface area (Å²) in [6.45, 7) is 4.49. The minimum atomic E-state index is -0.341. The van der Waals surface area contributed by atoms with Crippen LogP contribution in [0.15, 0.2) is 36.4 Å². The van der Waals surface area contributed by atoms with Gasteiger partial charge in [0.2, 0.25) is 5.91 Å². The van der Waals surface area contributed by atoms with E-state index in [0.717, 1.165) is 31.2 Å². The summed E-state index contributed by atoms with van der Waals surface area (Å²) in [6.07, 6.45) is 11.0. The Morgan fingerprint density at radius 1 is 1.20 bits per heavy atom. The Bertz CT molecular complexity index is 578. The average molecular weight is 415 g/mol. The second-order valence-corrected chi connectivity index (χ2v) is 7.04. The number of rotatable bonds is 7. The molecule has 2 atom stereocenters. The molecule has 1 aromatic carbocycles. The van der Waals surface area contributed by atoms with E-state index in [1.165, 1.54) is 18.4 Å². The molecular weight excluding hydrogens is 387 g/mol. The molecule has 1 heterocycles. The Morgan fingerprint density at radius 3 is 2.48 bits per heavy atom. The summed E-state index contributed by atoms with van der Waals surface area (Å²) >= 11 is 0. The van der Waals surface area contributed by atoms with Gasteiger partial charge in [0.15, 0.2) is 0 Å². The molecule has 1 aliphatic heterocycles. The molecular formula is C21H28NO2Y-. The van der Waals surface area contributed by atoms with Crippen LogP contribution in [0.25, 0.3) is 0 Å². The van der Waals surface area contributed by atoms with Gasteiger partial charge in [0.05, 0.1) is 18.6 Å². The molecule has 1 unspecified atom stereocenters. The number of amides is 1. The van der Waals surface area contributed by atoms with Crippen molar-refractivity contribution < 1.29 is 42.6 Å². The molecule has 2 aliphatic rings. The molecule has 0 aromatic heterocycles. The summed E-state index contributed by atoms with van der Waals surface area (Å²) < 4.78 is 0. The monoisotopic (exact) mass is 415 g/mol. The van der Waals surface area contributed by atoms with Crippen molar-refractivity contribution in [1.82, 2.24) is 4.90 Å². The second-order valence-electron chi connectivity index (χ2n) is 7.04. The number of benzene rings is 1. The number of unbranched alkanes of at least 4 members (excludes halogenated alkanes) is 1. The summed E-state index contributed by atoms with van der Waals surface area (Å²) in [5.41, 5.74) is 2.18. The normalized spacial score (nSPS) is 22.1. The van der Waals surface area contributed by atoms with E-state index in [9.17, 15) is 9.90 Å². The molecule has 3 rings (SSSR count). The third-order valence-corrected chi connectivity index (χ3v) is 5.41. The van der Waals surface area contributed by atoms with E-state index in [0.29, 0.717) is 18.9 Å². The first-order chi connectivity index (χ1) is 11.7. The Labute approximate surface area is 176 Å². The van der Waals surface area contributed by atoms with Gasteiger partial charge < -0.3 is 16.9 Å². The predicted molar refractivity (Wildman–Crippen MR) is 96.2 cm³/mol. The van der Waals surface area contributed by atoms with Gasteiger partial charge in [-0.25, -0.2) is 0 Å². The van der Waals surface area contributed by atoms with E-state index in [-0.39, 0.29) is 50.8 Å². The third-order valence-electron chi connectivity index (χ3n) is 5.41. The number of allylic oxidation sites excluding steroid dienone is 1. The van der Waals surface area contributed by atoms with Crippen LogP contribution in [0, 0.1) is 12.8 Å². The first-order valence-corrected chi connectivity index (χ1v) is 9.22. The van der Waals surface area contributed by atoms with Crippen molar-refractivity contribution in [2.45, 2.75) is 57.1 Å².